The highest BCUT2D eigenvalue weighted by molar-refractivity contribution is 9.10. The van der Waals surface area contributed by atoms with Gasteiger partial charge in [-0.05, 0) is 54.4 Å². The van der Waals surface area contributed by atoms with Gasteiger partial charge in [0, 0.05) is 11.0 Å². The van der Waals surface area contributed by atoms with Crippen molar-refractivity contribution in [2.45, 2.75) is 18.4 Å². The predicted molar refractivity (Wildman–Crippen MR) is 135 cm³/mol. The molecule has 0 saturated heterocycles. The number of carbonyl (C=O) groups excluding carboxylic acids is 1. The van der Waals surface area contributed by atoms with Crippen LogP contribution < -0.4 is 5.43 Å². The van der Waals surface area contributed by atoms with E-state index >= 15 is 0 Å². The molecule has 0 fully saturated rings. The number of benzene rings is 3. The molecule has 0 spiro atoms. The molecule has 1 amide bonds. The summed E-state index contributed by atoms with van der Waals surface area (Å²) >= 11 is 15.3. The summed E-state index contributed by atoms with van der Waals surface area (Å²) in [5.41, 5.74) is 4.88. The largest absolute Gasteiger partial charge is 0.272 e. The minimum absolute atomic E-state index is 0.0571. The molecular weight excluding hydrogens is 549 g/mol. The number of hydrazone groups is 1. The second-order valence-corrected chi connectivity index (χ2v) is 10.8. The fourth-order valence-corrected chi connectivity index (χ4v) is 4.82. The van der Waals surface area contributed by atoms with Crippen LogP contribution in [0.25, 0.3) is 0 Å². The number of carbonyl (C=O) groups is 1. The third-order valence-electron chi connectivity index (χ3n) is 4.59. The lowest BCUT2D eigenvalue weighted by molar-refractivity contribution is -0.121. The zero-order valence-electron chi connectivity index (χ0n) is 17.5. The summed E-state index contributed by atoms with van der Waals surface area (Å²) in [4.78, 5) is 12.6. The number of rotatable bonds is 8. The Kier molecular flexibility index (Phi) is 8.67. The first-order chi connectivity index (χ1) is 15.6. The minimum atomic E-state index is -3.99. The maximum atomic E-state index is 13.3. The fraction of sp³-hybridized carbons (Fsp3) is 0.130. The monoisotopic (exact) mass is 567 g/mol. The van der Waals surface area contributed by atoms with Gasteiger partial charge in [0.1, 0.15) is 0 Å². The molecule has 0 bridgehead atoms. The van der Waals surface area contributed by atoms with E-state index in [9.17, 15) is 13.2 Å². The topological polar surface area (TPSA) is 78.8 Å². The first-order valence-corrected chi connectivity index (χ1v) is 12.7. The molecule has 172 valence electrons. The molecule has 0 aliphatic rings. The Morgan fingerprint density at radius 3 is 2.33 bits per heavy atom. The van der Waals surface area contributed by atoms with Crippen molar-refractivity contribution in [2.75, 3.05) is 6.54 Å². The lowest BCUT2D eigenvalue weighted by Crippen LogP contribution is -2.39. The van der Waals surface area contributed by atoms with Gasteiger partial charge in [0.15, 0.2) is 0 Å². The predicted octanol–water partition coefficient (Wildman–Crippen LogP) is 5.41. The molecule has 33 heavy (non-hydrogen) atoms. The third kappa shape index (κ3) is 7.12. The first-order valence-electron chi connectivity index (χ1n) is 9.73. The second kappa shape index (κ2) is 11.3. The normalized spacial score (nSPS) is 11.8. The van der Waals surface area contributed by atoms with E-state index in [0.717, 1.165) is 19.9 Å². The number of halogens is 3. The molecule has 3 aromatic rings. The Morgan fingerprint density at radius 1 is 1.03 bits per heavy atom. The van der Waals surface area contributed by atoms with Crippen molar-refractivity contribution >= 4 is 61.3 Å². The summed E-state index contributed by atoms with van der Waals surface area (Å²) < 4.78 is 28.4. The quantitative estimate of drug-likeness (QED) is 0.292. The average Bonchev–Trinajstić information content (AvgIpc) is 2.77. The van der Waals surface area contributed by atoms with Crippen molar-refractivity contribution in [3.8, 4) is 0 Å². The van der Waals surface area contributed by atoms with Crippen molar-refractivity contribution < 1.29 is 13.2 Å². The van der Waals surface area contributed by atoms with Gasteiger partial charge in [-0.15, -0.1) is 0 Å². The van der Waals surface area contributed by atoms with Crippen molar-refractivity contribution in [3.05, 3.63) is 97.9 Å². The lowest BCUT2D eigenvalue weighted by Gasteiger charge is -2.22. The SMILES string of the molecule is Cc1ccc(/C=N/NC(=O)CN(Cc2ccc(Cl)c(Cl)c2)S(=O)(=O)c2ccc(Br)cc2)cc1. The number of nitrogens with zero attached hydrogens (tertiary/aromatic N) is 2. The summed E-state index contributed by atoms with van der Waals surface area (Å²) in [6, 6.07) is 18.6. The molecule has 6 nitrogen and oxygen atoms in total. The number of amides is 1. The van der Waals surface area contributed by atoms with Gasteiger partial charge < -0.3 is 0 Å². The number of sulfonamides is 1. The van der Waals surface area contributed by atoms with Gasteiger partial charge in [-0.1, -0.05) is 75.0 Å². The van der Waals surface area contributed by atoms with Crippen LogP contribution in [0.1, 0.15) is 16.7 Å². The number of nitrogens with one attached hydrogen (secondary N) is 1. The van der Waals surface area contributed by atoms with Crippen molar-refractivity contribution in [3.63, 3.8) is 0 Å². The van der Waals surface area contributed by atoms with Crippen LogP contribution in [0.3, 0.4) is 0 Å². The molecule has 0 radical (unpaired) electrons. The molecule has 0 atom stereocenters. The van der Waals surface area contributed by atoms with Gasteiger partial charge in [-0.25, -0.2) is 13.8 Å². The summed E-state index contributed by atoms with van der Waals surface area (Å²) in [6.45, 7) is 1.45. The standard InChI is InChI=1S/C23H20BrCl2N3O3S/c1-16-2-4-17(5-3-16)13-27-28-23(30)15-29(14-18-6-11-21(25)22(26)12-18)33(31,32)20-9-7-19(24)8-10-20/h2-13H,14-15H2,1H3,(H,28,30)/b27-13+. The van der Waals surface area contributed by atoms with E-state index < -0.39 is 22.5 Å². The van der Waals surface area contributed by atoms with E-state index in [-0.39, 0.29) is 11.4 Å². The Labute approximate surface area is 211 Å². The maximum Gasteiger partial charge on any atom is 0.255 e. The van der Waals surface area contributed by atoms with Crippen LogP contribution in [0, 0.1) is 6.92 Å². The zero-order valence-corrected chi connectivity index (χ0v) is 21.4. The molecule has 0 unspecified atom stereocenters. The van der Waals surface area contributed by atoms with E-state index in [2.05, 4.69) is 26.5 Å². The van der Waals surface area contributed by atoms with Crippen LogP contribution in [0.5, 0.6) is 0 Å². The van der Waals surface area contributed by atoms with Crippen LogP contribution in [0.15, 0.2) is 81.2 Å². The highest BCUT2D eigenvalue weighted by Crippen LogP contribution is 2.25. The number of hydrogen-bond acceptors (Lipinski definition) is 4. The molecule has 0 aliphatic heterocycles. The molecule has 0 heterocycles. The van der Waals surface area contributed by atoms with Crippen LogP contribution in [0.4, 0.5) is 0 Å². The summed E-state index contributed by atoms with van der Waals surface area (Å²) in [5, 5.41) is 4.58. The molecule has 1 N–H and O–H groups in total. The summed E-state index contributed by atoms with van der Waals surface area (Å²) in [7, 11) is -3.99. The molecule has 3 aromatic carbocycles. The van der Waals surface area contributed by atoms with Crippen LogP contribution in [-0.4, -0.2) is 31.4 Å². The van der Waals surface area contributed by atoms with E-state index in [0.29, 0.717) is 15.6 Å². The zero-order chi connectivity index (χ0) is 24.0. The van der Waals surface area contributed by atoms with Crippen LogP contribution >= 0.6 is 39.1 Å². The van der Waals surface area contributed by atoms with E-state index in [1.807, 2.05) is 31.2 Å². The van der Waals surface area contributed by atoms with Gasteiger partial charge in [0.05, 0.1) is 27.7 Å². The van der Waals surface area contributed by atoms with Gasteiger partial charge in [0.2, 0.25) is 10.0 Å². The Balaban J connectivity index is 1.81. The van der Waals surface area contributed by atoms with Crippen molar-refractivity contribution in [1.29, 1.82) is 0 Å². The summed E-state index contributed by atoms with van der Waals surface area (Å²) in [5.74, 6) is -0.584. The Bertz CT molecular complexity index is 1270. The molecular formula is C23H20BrCl2N3O3S. The van der Waals surface area contributed by atoms with E-state index in [1.54, 1.807) is 30.3 Å². The fourth-order valence-electron chi connectivity index (χ4n) is 2.85. The Morgan fingerprint density at radius 2 is 1.70 bits per heavy atom. The highest BCUT2D eigenvalue weighted by Gasteiger charge is 2.27. The van der Waals surface area contributed by atoms with Gasteiger partial charge >= 0.3 is 0 Å². The molecule has 3 rings (SSSR count). The molecule has 10 heteroatoms. The van der Waals surface area contributed by atoms with Gasteiger partial charge in [-0.3, -0.25) is 4.79 Å². The molecule has 0 aliphatic carbocycles. The average molecular weight is 569 g/mol. The number of aryl methyl sites for hydroxylation is 1. The second-order valence-electron chi connectivity index (χ2n) is 7.18. The summed E-state index contributed by atoms with van der Waals surface area (Å²) in [6.07, 6.45) is 1.49. The van der Waals surface area contributed by atoms with Crippen molar-refractivity contribution in [2.24, 2.45) is 5.10 Å². The van der Waals surface area contributed by atoms with Gasteiger partial charge in [0.25, 0.3) is 5.91 Å². The minimum Gasteiger partial charge on any atom is -0.272 e. The van der Waals surface area contributed by atoms with Crippen molar-refractivity contribution in [1.82, 2.24) is 9.73 Å². The first kappa shape index (κ1) is 25.4. The molecule has 0 aromatic heterocycles. The third-order valence-corrected chi connectivity index (χ3v) is 7.67. The van der Waals surface area contributed by atoms with Crippen LogP contribution in [0.2, 0.25) is 10.0 Å². The van der Waals surface area contributed by atoms with E-state index in [1.165, 1.54) is 18.3 Å². The Hall–Kier alpha value is -2.23. The highest BCUT2D eigenvalue weighted by atomic mass is 79.9. The maximum absolute atomic E-state index is 13.3. The lowest BCUT2D eigenvalue weighted by atomic mass is 10.2. The molecule has 0 saturated carbocycles. The smallest absolute Gasteiger partial charge is 0.255 e. The van der Waals surface area contributed by atoms with E-state index in [4.69, 9.17) is 23.2 Å². The van der Waals surface area contributed by atoms with Gasteiger partial charge in [-0.2, -0.15) is 9.41 Å². The number of hydrogen-bond donors (Lipinski definition) is 1. The van der Waals surface area contributed by atoms with Crippen LogP contribution in [-0.2, 0) is 21.4 Å².